The fourth-order valence-electron chi connectivity index (χ4n) is 5.61. The second kappa shape index (κ2) is 10.9. The zero-order chi connectivity index (χ0) is 26.1. The van der Waals surface area contributed by atoms with Crippen molar-refractivity contribution in [2.24, 2.45) is 4.99 Å². The Morgan fingerprint density at radius 3 is 2.55 bits per heavy atom. The predicted octanol–water partition coefficient (Wildman–Crippen LogP) is 4.69. The van der Waals surface area contributed by atoms with Gasteiger partial charge in [0.25, 0.3) is 5.91 Å². The highest BCUT2D eigenvalue weighted by atomic mass is 32.2. The fourth-order valence-corrected chi connectivity index (χ4v) is 6.56. The van der Waals surface area contributed by atoms with E-state index in [2.05, 4.69) is 56.7 Å². The van der Waals surface area contributed by atoms with E-state index in [-0.39, 0.29) is 5.91 Å². The molecule has 1 aromatic carbocycles. The molecule has 2 fully saturated rings. The number of benzene rings is 1. The predicted molar refractivity (Wildman–Crippen MR) is 156 cm³/mol. The third kappa shape index (κ3) is 5.09. The highest BCUT2D eigenvalue weighted by Gasteiger charge is 2.27. The van der Waals surface area contributed by atoms with Crippen LogP contribution in [0.3, 0.4) is 0 Å². The molecule has 3 aliphatic heterocycles. The Balaban J connectivity index is 1.22. The fraction of sp³-hybridized carbons (Fsp3) is 0.448. The van der Waals surface area contributed by atoms with Crippen LogP contribution in [0.2, 0.25) is 0 Å². The number of carbonyl (C=O) groups is 1. The number of nitrogens with zero attached hydrogens (tertiary/aromatic N) is 7. The van der Waals surface area contributed by atoms with Crippen molar-refractivity contribution in [3.05, 3.63) is 52.7 Å². The molecule has 1 amide bonds. The smallest absolute Gasteiger partial charge is 0.286 e. The van der Waals surface area contributed by atoms with Gasteiger partial charge in [-0.2, -0.15) is 10.1 Å². The number of piperazine rings is 1. The van der Waals surface area contributed by atoms with E-state index in [0.717, 1.165) is 79.9 Å². The first kappa shape index (κ1) is 25.1. The number of hydrogen-bond acceptors (Lipinski definition) is 7. The van der Waals surface area contributed by atoms with Gasteiger partial charge in [-0.05, 0) is 86.8 Å². The number of carbonyl (C=O) groups excluding carboxylic acids is 1. The molecule has 0 saturated carbocycles. The molecule has 0 spiro atoms. The van der Waals surface area contributed by atoms with Gasteiger partial charge in [0, 0.05) is 50.5 Å². The normalized spacial score (nSPS) is 20.1. The molecule has 3 aliphatic rings. The minimum atomic E-state index is -0.176. The number of aliphatic imine (C=N–C) groups is 1. The number of likely N-dealkylation sites (tertiary alicyclic amines) is 1. The van der Waals surface area contributed by atoms with Crippen LogP contribution in [0.1, 0.15) is 43.9 Å². The molecule has 8 nitrogen and oxygen atoms in total. The lowest BCUT2D eigenvalue weighted by Gasteiger charge is -2.36. The topological polar surface area (TPSA) is 69.3 Å². The molecule has 0 unspecified atom stereocenters. The molecular weight excluding hydrogens is 494 g/mol. The van der Waals surface area contributed by atoms with E-state index >= 15 is 0 Å². The Labute approximate surface area is 228 Å². The van der Waals surface area contributed by atoms with Gasteiger partial charge in [0.15, 0.2) is 10.8 Å². The summed E-state index contributed by atoms with van der Waals surface area (Å²) in [4.78, 5) is 29.4. The zero-order valence-corrected chi connectivity index (χ0v) is 23.1. The van der Waals surface area contributed by atoms with Crippen molar-refractivity contribution in [3.8, 4) is 11.3 Å². The van der Waals surface area contributed by atoms with Crippen LogP contribution in [0.15, 0.2) is 46.4 Å². The zero-order valence-electron chi connectivity index (χ0n) is 22.3. The van der Waals surface area contributed by atoms with Gasteiger partial charge in [0.1, 0.15) is 0 Å². The number of aromatic nitrogens is 3. The molecule has 5 heterocycles. The number of aryl methyl sites for hydroxylation is 1. The summed E-state index contributed by atoms with van der Waals surface area (Å²) in [6.07, 6.45) is 8.51. The van der Waals surface area contributed by atoms with Crippen LogP contribution in [0.5, 0.6) is 0 Å². The van der Waals surface area contributed by atoms with Crippen molar-refractivity contribution in [2.45, 2.75) is 39.5 Å². The van der Waals surface area contributed by atoms with Crippen molar-refractivity contribution in [2.75, 3.05) is 50.7 Å². The molecule has 2 aromatic heterocycles. The summed E-state index contributed by atoms with van der Waals surface area (Å²) in [5, 5.41) is 5.67. The van der Waals surface area contributed by atoms with Gasteiger partial charge in [0.05, 0.1) is 22.5 Å². The number of thioether (sulfide) groups is 1. The van der Waals surface area contributed by atoms with Gasteiger partial charge in [0.2, 0.25) is 0 Å². The molecule has 3 aromatic rings. The maximum atomic E-state index is 12.6. The largest absolute Gasteiger partial charge is 0.369 e. The lowest BCUT2D eigenvalue weighted by molar-refractivity contribution is -0.113. The number of anilines is 1. The minimum absolute atomic E-state index is 0.176. The van der Waals surface area contributed by atoms with Crippen molar-refractivity contribution in [3.63, 3.8) is 0 Å². The summed E-state index contributed by atoms with van der Waals surface area (Å²) in [6.45, 7) is 11.9. The minimum Gasteiger partial charge on any atom is -0.369 e. The molecule has 6 rings (SSSR count). The van der Waals surface area contributed by atoms with Crippen LogP contribution < -0.4 is 4.90 Å². The van der Waals surface area contributed by atoms with E-state index in [1.165, 1.54) is 42.4 Å². The number of hydrogen-bond donors (Lipinski definition) is 0. The standard InChI is InChI=1S/C29H35N7OS/c1-3-11-33-14-16-34(17-15-33)24-9-7-22(18-21(24)2)25-20-30-27-10-8-23(32-36(25)27)19-26-28(37)31-29(38-26)35-12-5-4-6-13-35/h7-10,18-20H,3-6,11-17H2,1-2H3. The van der Waals surface area contributed by atoms with Gasteiger partial charge in [-0.25, -0.2) is 9.50 Å². The van der Waals surface area contributed by atoms with Crippen LogP contribution in [0, 0.1) is 6.92 Å². The van der Waals surface area contributed by atoms with Crippen molar-refractivity contribution in [1.29, 1.82) is 0 Å². The third-order valence-electron chi connectivity index (χ3n) is 7.64. The second-order valence-electron chi connectivity index (χ2n) is 10.4. The van der Waals surface area contributed by atoms with Crippen molar-refractivity contribution in [1.82, 2.24) is 24.4 Å². The highest BCUT2D eigenvalue weighted by molar-refractivity contribution is 8.18. The third-order valence-corrected chi connectivity index (χ3v) is 8.69. The number of fused-ring (bicyclic) bond motifs is 1. The number of imidazole rings is 1. The monoisotopic (exact) mass is 529 g/mol. The highest BCUT2D eigenvalue weighted by Crippen LogP contribution is 2.32. The summed E-state index contributed by atoms with van der Waals surface area (Å²) in [7, 11) is 0. The van der Waals surface area contributed by atoms with E-state index in [1.54, 1.807) is 0 Å². The second-order valence-corrected chi connectivity index (χ2v) is 11.4. The first-order valence-electron chi connectivity index (χ1n) is 13.8. The first-order chi connectivity index (χ1) is 18.6. The Kier molecular flexibility index (Phi) is 7.21. The van der Waals surface area contributed by atoms with Crippen molar-refractivity contribution < 1.29 is 4.79 Å². The average molecular weight is 530 g/mol. The molecule has 0 N–H and O–H groups in total. The Morgan fingerprint density at radius 2 is 1.79 bits per heavy atom. The van der Waals surface area contributed by atoms with Gasteiger partial charge >= 0.3 is 0 Å². The Morgan fingerprint density at radius 1 is 0.974 bits per heavy atom. The summed E-state index contributed by atoms with van der Waals surface area (Å²) >= 11 is 1.46. The summed E-state index contributed by atoms with van der Waals surface area (Å²) in [5.41, 5.74) is 6.10. The molecule has 0 bridgehead atoms. The molecular formula is C29H35N7OS. The SMILES string of the molecule is CCCN1CCN(c2ccc(-c3cnc4ccc(C=C5SC(N6CCCCC6)=NC5=O)nn34)cc2C)CC1. The Bertz CT molecular complexity index is 1400. The van der Waals surface area contributed by atoms with Gasteiger partial charge in [-0.1, -0.05) is 13.0 Å². The van der Waals surface area contributed by atoms with Crippen LogP contribution in [-0.2, 0) is 4.79 Å². The summed E-state index contributed by atoms with van der Waals surface area (Å²) in [5.74, 6) is -0.176. The maximum absolute atomic E-state index is 12.6. The van der Waals surface area contributed by atoms with E-state index in [4.69, 9.17) is 5.10 Å². The van der Waals surface area contributed by atoms with Crippen LogP contribution in [0.25, 0.3) is 23.0 Å². The quantitative estimate of drug-likeness (QED) is 0.444. The van der Waals surface area contributed by atoms with E-state index in [9.17, 15) is 4.79 Å². The van der Waals surface area contributed by atoms with Crippen LogP contribution in [0.4, 0.5) is 5.69 Å². The Hall–Kier alpha value is -3.17. The van der Waals surface area contributed by atoms with Crippen LogP contribution in [-0.4, -0.2) is 81.3 Å². The van der Waals surface area contributed by atoms with Crippen LogP contribution >= 0.6 is 11.8 Å². The van der Waals surface area contributed by atoms with Gasteiger partial charge < -0.3 is 9.80 Å². The van der Waals surface area contributed by atoms with Crippen molar-refractivity contribution >= 4 is 40.2 Å². The summed E-state index contributed by atoms with van der Waals surface area (Å²) in [6, 6.07) is 10.5. The van der Waals surface area contributed by atoms with Gasteiger partial charge in [-0.15, -0.1) is 0 Å². The molecule has 0 atom stereocenters. The number of rotatable bonds is 5. The molecule has 0 radical (unpaired) electrons. The number of amidine groups is 1. The van der Waals surface area contributed by atoms with E-state index < -0.39 is 0 Å². The maximum Gasteiger partial charge on any atom is 0.286 e. The van der Waals surface area contributed by atoms with Gasteiger partial charge in [-0.3, -0.25) is 9.69 Å². The molecule has 0 aliphatic carbocycles. The number of piperidine rings is 1. The molecule has 2 saturated heterocycles. The molecule has 38 heavy (non-hydrogen) atoms. The van der Waals surface area contributed by atoms with E-state index in [1.807, 2.05) is 28.9 Å². The molecule has 9 heteroatoms. The van der Waals surface area contributed by atoms with E-state index in [0.29, 0.717) is 4.91 Å². The summed E-state index contributed by atoms with van der Waals surface area (Å²) < 4.78 is 1.88. The first-order valence-corrected chi connectivity index (χ1v) is 14.6. The molecule has 198 valence electrons. The number of amides is 1. The lowest BCUT2D eigenvalue weighted by Crippen LogP contribution is -2.46. The lowest BCUT2D eigenvalue weighted by atomic mass is 10.1. The average Bonchev–Trinajstić information content (AvgIpc) is 3.53.